The number of hydrogen-bond donors (Lipinski definition) is 1. The average molecular weight is 569 g/mol. The molecule has 0 unspecified atom stereocenters. The maximum atomic E-state index is 11.4. The Balaban J connectivity index is 3.13. The van der Waals surface area contributed by atoms with Crippen LogP contribution in [0.2, 0.25) is 0 Å². The molecule has 0 aliphatic rings. The van der Waals surface area contributed by atoms with Gasteiger partial charge < -0.3 is 47.7 Å². The maximum Gasteiger partial charge on any atom is 0.305 e. The van der Waals surface area contributed by atoms with Crippen LogP contribution in [0.25, 0.3) is 0 Å². The second-order valence-electron chi connectivity index (χ2n) is 8.08. The first-order chi connectivity index (χ1) is 19.1. The van der Waals surface area contributed by atoms with E-state index in [-0.39, 0.29) is 44.6 Å². The molecule has 0 aromatic carbocycles. The minimum Gasteiger partial charge on any atom is -0.481 e. The first-order valence-corrected chi connectivity index (χ1v) is 13.6. The number of hydrogen-bond acceptors (Lipinski definition) is 12. The van der Waals surface area contributed by atoms with E-state index in [9.17, 15) is 14.4 Å². The minimum atomic E-state index is -0.864. The smallest absolute Gasteiger partial charge is 0.305 e. The molecule has 0 aromatic rings. The lowest BCUT2D eigenvalue weighted by atomic mass is 10.2. The first kappa shape index (κ1) is 37.1. The highest BCUT2D eigenvalue weighted by Crippen LogP contribution is 2.01. The molecule has 0 aliphatic carbocycles. The number of carboxylic acid groups (broad SMARTS) is 1. The molecular formula is C26H48O13. The summed E-state index contributed by atoms with van der Waals surface area (Å²) in [4.78, 5) is 33.0. The van der Waals surface area contributed by atoms with Gasteiger partial charge in [-0.25, -0.2) is 0 Å². The molecule has 0 saturated carbocycles. The summed E-state index contributed by atoms with van der Waals surface area (Å²) in [7, 11) is 0. The van der Waals surface area contributed by atoms with Crippen LogP contribution >= 0.6 is 0 Å². The van der Waals surface area contributed by atoms with Gasteiger partial charge in [-0.15, -0.1) is 0 Å². The van der Waals surface area contributed by atoms with Crippen LogP contribution in [0.5, 0.6) is 0 Å². The summed E-state index contributed by atoms with van der Waals surface area (Å²) in [6, 6.07) is 0. The van der Waals surface area contributed by atoms with Crippen LogP contribution in [0.1, 0.15) is 45.4 Å². The second-order valence-corrected chi connectivity index (χ2v) is 8.08. The Bertz CT molecular complexity index is 574. The quantitative estimate of drug-likeness (QED) is 0.0952. The molecule has 0 aromatic heterocycles. The van der Waals surface area contributed by atoms with Gasteiger partial charge in [-0.2, -0.15) is 0 Å². The van der Waals surface area contributed by atoms with Gasteiger partial charge in [0.25, 0.3) is 0 Å². The Morgan fingerprint density at radius 3 is 1.03 bits per heavy atom. The number of unbranched alkanes of at least 4 members (excludes halogenated alkanes) is 1. The van der Waals surface area contributed by atoms with Crippen LogP contribution < -0.4 is 0 Å². The van der Waals surface area contributed by atoms with E-state index in [2.05, 4.69) is 0 Å². The van der Waals surface area contributed by atoms with E-state index in [0.717, 1.165) is 6.42 Å². The molecule has 39 heavy (non-hydrogen) atoms. The second kappa shape index (κ2) is 30.7. The van der Waals surface area contributed by atoms with E-state index in [4.69, 9.17) is 47.7 Å². The topological polar surface area (TPSA) is 155 Å². The predicted molar refractivity (Wildman–Crippen MR) is 139 cm³/mol. The van der Waals surface area contributed by atoms with Crippen molar-refractivity contribution in [2.24, 2.45) is 0 Å². The van der Waals surface area contributed by atoms with Crippen LogP contribution in [0, 0.1) is 0 Å². The minimum absolute atomic E-state index is 0.0596. The van der Waals surface area contributed by atoms with Crippen molar-refractivity contribution in [2.45, 2.75) is 45.4 Å². The molecule has 0 amide bonds. The van der Waals surface area contributed by atoms with Crippen molar-refractivity contribution in [2.75, 3.05) is 106 Å². The van der Waals surface area contributed by atoms with Gasteiger partial charge in [-0.1, -0.05) is 6.92 Å². The zero-order valence-electron chi connectivity index (χ0n) is 23.4. The first-order valence-electron chi connectivity index (χ1n) is 13.6. The molecule has 0 saturated heterocycles. The SMILES string of the molecule is CCCC(=O)OCCOCCOCCOCCOCCOCCOCCOCCOC(=O)CCCCC(=O)O. The van der Waals surface area contributed by atoms with Crippen LogP contribution in [0.4, 0.5) is 0 Å². The van der Waals surface area contributed by atoms with Crippen LogP contribution in [0.3, 0.4) is 0 Å². The van der Waals surface area contributed by atoms with E-state index in [1.165, 1.54) is 0 Å². The number of rotatable bonds is 31. The Morgan fingerprint density at radius 2 is 0.718 bits per heavy atom. The number of carbonyl (C=O) groups is 3. The molecule has 230 valence electrons. The Morgan fingerprint density at radius 1 is 0.436 bits per heavy atom. The number of carboxylic acids is 1. The van der Waals surface area contributed by atoms with E-state index < -0.39 is 5.97 Å². The molecule has 1 N–H and O–H groups in total. The van der Waals surface area contributed by atoms with Crippen LogP contribution in [-0.2, 0) is 57.0 Å². The lowest BCUT2D eigenvalue weighted by molar-refractivity contribution is -0.146. The zero-order valence-corrected chi connectivity index (χ0v) is 23.4. The molecule has 0 aliphatic heterocycles. The fourth-order valence-electron chi connectivity index (χ4n) is 2.74. The van der Waals surface area contributed by atoms with Gasteiger partial charge in [0.1, 0.15) is 13.2 Å². The van der Waals surface area contributed by atoms with Gasteiger partial charge in [0.2, 0.25) is 0 Å². The summed E-state index contributed by atoms with van der Waals surface area (Å²) in [5.41, 5.74) is 0. The van der Waals surface area contributed by atoms with Crippen molar-refractivity contribution < 1.29 is 62.1 Å². The third-order valence-electron chi connectivity index (χ3n) is 4.69. The molecule has 0 bridgehead atoms. The molecule has 13 heteroatoms. The standard InChI is InChI=1S/C26H48O13/c1-2-5-25(29)38-22-20-36-18-16-34-14-12-32-10-8-31-9-11-33-13-15-35-17-19-37-21-23-39-26(30)7-4-3-6-24(27)28/h2-23H2,1H3,(H,27,28). The van der Waals surface area contributed by atoms with Gasteiger partial charge in [0.15, 0.2) is 0 Å². The number of ether oxygens (including phenoxy) is 9. The summed E-state index contributed by atoms with van der Waals surface area (Å²) in [6.45, 7) is 8.37. The third kappa shape index (κ3) is 32.2. The Kier molecular flexibility index (Phi) is 29.2. The van der Waals surface area contributed by atoms with Gasteiger partial charge in [0, 0.05) is 19.3 Å². The fraction of sp³-hybridized carbons (Fsp3) is 0.885. The predicted octanol–water partition coefficient (Wildman–Crippen LogP) is 1.63. The molecule has 0 spiro atoms. The van der Waals surface area contributed by atoms with Crippen molar-refractivity contribution in [3.8, 4) is 0 Å². The summed E-state index contributed by atoms with van der Waals surface area (Å²) in [5.74, 6) is -1.41. The lowest BCUT2D eigenvalue weighted by Crippen LogP contribution is -2.15. The zero-order chi connectivity index (χ0) is 28.7. The molecule has 0 fully saturated rings. The van der Waals surface area contributed by atoms with E-state index in [0.29, 0.717) is 105 Å². The third-order valence-corrected chi connectivity index (χ3v) is 4.69. The number of carbonyl (C=O) groups excluding carboxylic acids is 2. The van der Waals surface area contributed by atoms with E-state index in [1.54, 1.807) is 0 Å². The maximum absolute atomic E-state index is 11.4. The Labute approximate surface area is 231 Å². The van der Waals surface area contributed by atoms with Gasteiger partial charge in [-0.3, -0.25) is 14.4 Å². The van der Waals surface area contributed by atoms with Crippen molar-refractivity contribution in [3.63, 3.8) is 0 Å². The van der Waals surface area contributed by atoms with Crippen molar-refractivity contribution in [1.29, 1.82) is 0 Å². The van der Waals surface area contributed by atoms with Crippen LogP contribution in [0.15, 0.2) is 0 Å². The summed E-state index contributed by atoms with van der Waals surface area (Å²) < 4.78 is 47.6. The van der Waals surface area contributed by atoms with Gasteiger partial charge in [0.05, 0.1) is 92.5 Å². The highest BCUT2D eigenvalue weighted by atomic mass is 16.6. The monoisotopic (exact) mass is 568 g/mol. The number of esters is 2. The molecule has 13 nitrogen and oxygen atoms in total. The number of aliphatic carboxylic acids is 1. The summed E-state index contributed by atoms with van der Waals surface area (Å²) in [5, 5.41) is 8.52. The normalized spacial score (nSPS) is 11.0. The fourth-order valence-corrected chi connectivity index (χ4v) is 2.74. The highest BCUT2D eigenvalue weighted by molar-refractivity contribution is 5.70. The van der Waals surface area contributed by atoms with Crippen molar-refractivity contribution in [1.82, 2.24) is 0 Å². The molecule has 0 heterocycles. The summed E-state index contributed by atoms with van der Waals surface area (Å²) in [6.07, 6.45) is 2.44. The van der Waals surface area contributed by atoms with Crippen LogP contribution in [-0.4, -0.2) is 129 Å². The molecule has 0 radical (unpaired) electrons. The average Bonchev–Trinajstić information content (AvgIpc) is 2.91. The van der Waals surface area contributed by atoms with Gasteiger partial charge >= 0.3 is 17.9 Å². The van der Waals surface area contributed by atoms with Crippen molar-refractivity contribution >= 4 is 17.9 Å². The molecule has 0 atom stereocenters. The lowest BCUT2D eigenvalue weighted by Gasteiger charge is -2.09. The van der Waals surface area contributed by atoms with Gasteiger partial charge in [-0.05, 0) is 19.3 Å². The van der Waals surface area contributed by atoms with E-state index >= 15 is 0 Å². The largest absolute Gasteiger partial charge is 0.481 e. The van der Waals surface area contributed by atoms with Crippen molar-refractivity contribution in [3.05, 3.63) is 0 Å². The molecule has 0 rings (SSSR count). The summed E-state index contributed by atoms with van der Waals surface area (Å²) >= 11 is 0. The Hall–Kier alpha value is -1.87. The highest BCUT2D eigenvalue weighted by Gasteiger charge is 2.04. The van der Waals surface area contributed by atoms with E-state index in [1.807, 2.05) is 6.92 Å². The molecular weight excluding hydrogens is 520 g/mol.